The summed E-state index contributed by atoms with van der Waals surface area (Å²) >= 11 is 0. The average molecular weight is 232 g/mol. The lowest BCUT2D eigenvalue weighted by atomic mass is 10.1. The molecule has 2 heteroatoms. The normalized spacial score (nSPS) is 9.76. The number of aliphatic hydroxyl groups is 1. The molecule has 0 spiro atoms. The molecule has 0 saturated heterocycles. The van der Waals surface area contributed by atoms with Crippen LogP contribution >= 0.6 is 0 Å². The number of aliphatic hydroxyl groups excluding tert-OH is 1. The predicted molar refractivity (Wildman–Crippen MR) is 69.6 cm³/mol. The second-order valence-corrected chi connectivity index (χ2v) is 3.88. The van der Waals surface area contributed by atoms with E-state index in [4.69, 9.17) is 9.84 Å². The van der Waals surface area contributed by atoms with E-state index >= 15 is 0 Å². The molecule has 0 radical (unpaired) electrons. The Morgan fingerprint density at radius 1 is 1.24 bits per heavy atom. The predicted octanol–water partition coefficient (Wildman–Crippen LogP) is 2.74. The van der Waals surface area contributed by atoms with Crippen LogP contribution in [0.1, 0.15) is 37.3 Å². The van der Waals surface area contributed by atoms with Crippen LogP contribution in [0.2, 0.25) is 0 Å². The fourth-order valence-corrected chi connectivity index (χ4v) is 1.54. The summed E-state index contributed by atoms with van der Waals surface area (Å²) in [4.78, 5) is 0. The van der Waals surface area contributed by atoms with Crippen LogP contribution in [0, 0.1) is 11.8 Å². The molecule has 0 heterocycles. The van der Waals surface area contributed by atoms with Crippen molar-refractivity contribution in [3.05, 3.63) is 35.4 Å². The molecule has 1 aromatic rings. The SMILES string of the molecule is CCCCCOCc1ccccc1C#CCO. The molecule has 0 aliphatic heterocycles. The Morgan fingerprint density at radius 2 is 2.06 bits per heavy atom. The van der Waals surface area contributed by atoms with Gasteiger partial charge in [0.15, 0.2) is 0 Å². The molecule has 0 aromatic heterocycles. The number of hydrogen-bond donors (Lipinski definition) is 1. The Labute approximate surface area is 104 Å². The molecule has 1 rings (SSSR count). The maximum Gasteiger partial charge on any atom is 0.104 e. The number of unbranched alkanes of at least 4 members (excludes halogenated alkanes) is 2. The van der Waals surface area contributed by atoms with E-state index in [2.05, 4.69) is 18.8 Å². The van der Waals surface area contributed by atoms with Gasteiger partial charge in [0.1, 0.15) is 6.61 Å². The molecule has 17 heavy (non-hydrogen) atoms. The van der Waals surface area contributed by atoms with Gasteiger partial charge in [-0.1, -0.05) is 49.8 Å². The third kappa shape index (κ3) is 5.53. The van der Waals surface area contributed by atoms with Gasteiger partial charge in [0.05, 0.1) is 6.61 Å². The summed E-state index contributed by atoms with van der Waals surface area (Å²) in [6.07, 6.45) is 3.54. The van der Waals surface area contributed by atoms with Gasteiger partial charge in [-0.2, -0.15) is 0 Å². The van der Waals surface area contributed by atoms with E-state index < -0.39 is 0 Å². The van der Waals surface area contributed by atoms with Gasteiger partial charge < -0.3 is 9.84 Å². The number of benzene rings is 1. The lowest BCUT2D eigenvalue weighted by Gasteiger charge is -2.06. The summed E-state index contributed by atoms with van der Waals surface area (Å²) in [5, 5.41) is 8.69. The monoisotopic (exact) mass is 232 g/mol. The first-order chi connectivity index (χ1) is 8.38. The summed E-state index contributed by atoms with van der Waals surface area (Å²) in [6, 6.07) is 7.89. The van der Waals surface area contributed by atoms with E-state index in [0.717, 1.165) is 24.2 Å². The van der Waals surface area contributed by atoms with E-state index in [9.17, 15) is 0 Å². The van der Waals surface area contributed by atoms with Crippen molar-refractivity contribution >= 4 is 0 Å². The van der Waals surface area contributed by atoms with E-state index in [1.807, 2.05) is 24.3 Å². The topological polar surface area (TPSA) is 29.5 Å². The lowest BCUT2D eigenvalue weighted by Crippen LogP contribution is -1.97. The molecule has 0 aliphatic rings. The molecule has 0 saturated carbocycles. The van der Waals surface area contributed by atoms with Crippen LogP contribution in [0.3, 0.4) is 0 Å². The van der Waals surface area contributed by atoms with Crippen LogP contribution in [0.25, 0.3) is 0 Å². The molecule has 1 N–H and O–H groups in total. The van der Waals surface area contributed by atoms with Crippen molar-refractivity contribution in [2.75, 3.05) is 13.2 Å². The average Bonchev–Trinajstić information content (AvgIpc) is 2.37. The van der Waals surface area contributed by atoms with Gasteiger partial charge in [-0.3, -0.25) is 0 Å². The van der Waals surface area contributed by atoms with Gasteiger partial charge in [0.2, 0.25) is 0 Å². The fourth-order valence-electron chi connectivity index (χ4n) is 1.54. The van der Waals surface area contributed by atoms with Crippen LogP contribution in [-0.4, -0.2) is 18.3 Å². The van der Waals surface area contributed by atoms with Crippen LogP contribution in [0.5, 0.6) is 0 Å². The highest BCUT2D eigenvalue weighted by Crippen LogP contribution is 2.09. The van der Waals surface area contributed by atoms with Gasteiger partial charge in [0, 0.05) is 12.2 Å². The fraction of sp³-hybridized carbons (Fsp3) is 0.467. The molecule has 0 fully saturated rings. The molecule has 2 nitrogen and oxygen atoms in total. The minimum atomic E-state index is -0.105. The summed E-state index contributed by atoms with van der Waals surface area (Å²) in [7, 11) is 0. The van der Waals surface area contributed by atoms with E-state index in [1.54, 1.807) is 0 Å². The first kappa shape index (κ1) is 13.8. The van der Waals surface area contributed by atoms with Crippen LogP contribution in [0.4, 0.5) is 0 Å². The number of ether oxygens (including phenoxy) is 1. The number of rotatable bonds is 6. The quantitative estimate of drug-likeness (QED) is 0.603. The van der Waals surface area contributed by atoms with Crippen molar-refractivity contribution in [1.29, 1.82) is 0 Å². The molecule has 0 atom stereocenters. The number of hydrogen-bond acceptors (Lipinski definition) is 2. The van der Waals surface area contributed by atoms with Gasteiger partial charge in [-0.25, -0.2) is 0 Å². The van der Waals surface area contributed by atoms with Crippen LogP contribution in [0.15, 0.2) is 24.3 Å². The molecule has 0 bridgehead atoms. The molecular formula is C15H20O2. The third-order valence-corrected chi connectivity index (χ3v) is 2.47. The van der Waals surface area contributed by atoms with Crippen molar-refractivity contribution in [2.24, 2.45) is 0 Å². The largest absolute Gasteiger partial charge is 0.384 e. The smallest absolute Gasteiger partial charge is 0.104 e. The summed E-state index contributed by atoms with van der Waals surface area (Å²) in [5.74, 6) is 5.60. The minimum Gasteiger partial charge on any atom is -0.384 e. The van der Waals surface area contributed by atoms with Gasteiger partial charge in [-0.15, -0.1) is 0 Å². The highest BCUT2D eigenvalue weighted by atomic mass is 16.5. The second-order valence-electron chi connectivity index (χ2n) is 3.88. The van der Waals surface area contributed by atoms with E-state index in [-0.39, 0.29) is 6.61 Å². The minimum absolute atomic E-state index is 0.105. The lowest BCUT2D eigenvalue weighted by molar-refractivity contribution is 0.117. The third-order valence-electron chi connectivity index (χ3n) is 2.47. The Morgan fingerprint density at radius 3 is 2.82 bits per heavy atom. The zero-order valence-corrected chi connectivity index (χ0v) is 10.4. The molecule has 92 valence electrons. The Balaban J connectivity index is 2.46. The Hall–Kier alpha value is -1.30. The first-order valence-corrected chi connectivity index (χ1v) is 6.14. The summed E-state index contributed by atoms with van der Waals surface area (Å²) < 4.78 is 5.61. The van der Waals surface area contributed by atoms with Crippen molar-refractivity contribution in [2.45, 2.75) is 32.8 Å². The Bertz CT molecular complexity index is 374. The Kier molecular flexibility index (Phi) is 7.13. The highest BCUT2D eigenvalue weighted by Gasteiger charge is 1.98. The molecular weight excluding hydrogens is 212 g/mol. The highest BCUT2D eigenvalue weighted by molar-refractivity contribution is 5.40. The molecule has 0 aliphatic carbocycles. The first-order valence-electron chi connectivity index (χ1n) is 6.14. The molecule has 0 unspecified atom stereocenters. The van der Waals surface area contributed by atoms with Crippen molar-refractivity contribution in [1.82, 2.24) is 0 Å². The van der Waals surface area contributed by atoms with Crippen LogP contribution < -0.4 is 0 Å². The summed E-state index contributed by atoms with van der Waals surface area (Å²) in [6.45, 7) is 3.47. The van der Waals surface area contributed by atoms with Crippen LogP contribution in [-0.2, 0) is 11.3 Å². The van der Waals surface area contributed by atoms with E-state index in [1.165, 1.54) is 12.8 Å². The second kappa shape index (κ2) is 8.81. The van der Waals surface area contributed by atoms with Crippen molar-refractivity contribution in [3.63, 3.8) is 0 Å². The molecule has 1 aromatic carbocycles. The van der Waals surface area contributed by atoms with Crippen molar-refractivity contribution in [3.8, 4) is 11.8 Å². The van der Waals surface area contributed by atoms with E-state index in [0.29, 0.717) is 6.61 Å². The maximum atomic E-state index is 8.69. The zero-order chi connectivity index (χ0) is 12.3. The van der Waals surface area contributed by atoms with Gasteiger partial charge in [0.25, 0.3) is 0 Å². The van der Waals surface area contributed by atoms with Gasteiger partial charge in [-0.05, 0) is 18.1 Å². The molecule has 0 amide bonds. The summed E-state index contributed by atoms with van der Waals surface area (Å²) in [5.41, 5.74) is 2.03. The maximum absolute atomic E-state index is 8.69. The van der Waals surface area contributed by atoms with Gasteiger partial charge >= 0.3 is 0 Å². The zero-order valence-electron chi connectivity index (χ0n) is 10.4. The standard InChI is InChI=1S/C15H20O2/c1-2-3-6-12-17-13-15-9-5-4-8-14(15)10-7-11-16/h4-5,8-9,16H,2-3,6,11-13H2,1H3. The van der Waals surface area contributed by atoms with Crippen molar-refractivity contribution < 1.29 is 9.84 Å².